The first-order valence-electron chi connectivity index (χ1n) is 15.3. The molecular weight excluding hydrogens is 670 g/mol. The highest BCUT2D eigenvalue weighted by atomic mass is 79.9. The Balaban J connectivity index is 1.65. The van der Waals surface area contributed by atoms with E-state index >= 15 is 0 Å². The van der Waals surface area contributed by atoms with Crippen LogP contribution in [0.5, 0.6) is 0 Å². The van der Waals surface area contributed by atoms with Crippen LogP contribution in [-0.4, -0.2) is 79.7 Å². The molecular formula is C31H42BrN3O9S. The van der Waals surface area contributed by atoms with Gasteiger partial charge in [-0.1, -0.05) is 40.9 Å². The van der Waals surface area contributed by atoms with Gasteiger partial charge in [0.15, 0.2) is 0 Å². The number of nitrogens with one attached hydrogen (secondary N) is 2. The Bertz CT molecular complexity index is 1410. The van der Waals surface area contributed by atoms with Gasteiger partial charge in [-0.05, 0) is 77.6 Å². The molecule has 2 heterocycles. The van der Waals surface area contributed by atoms with Gasteiger partial charge in [0.25, 0.3) is 10.1 Å². The van der Waals surface area contributed by atoms with Crippen LogP contribution in [0.3, 0.4) is 0 Å². The number of ether oxygens (including phenoxy) is 2. The van der Waals surface area contributed by atoms with Crippen molar-refractivity contribution in [3.8, 4) is 0 Å². The standard InChI is InChI=1S/C31H42BrN3O9S/c1-5-42-28(38)31-18-20(31)11-9-7-6-8-10-12-24(33-29(39)43-30(2,3)4)27(37)35-19-22(17-25(35)26(36)34-31)44-45(40,41)23-15-13-21(32)14-16-23/h9,11,13-16,20,22,24-25H,5-8,10,12,17-19H2,1-4H3,(H,33,39)(H,34,36)/t20-,22-,24+,25+,31-/m1/s1. The molecule has 45 heavy (non-hydrogen) atoms. The van der Waals surface area contributed by atoms with Crippen LogP contribution in [0.1, 0.15) is 72.6 Å². The minimum Gasteiger partial charge on any atom is -0.464 e. The van der Waals surface area contributed by atoms with Crippen molar-refractivity contribution in [1.29, 1.82) is 0 Å². The molecule has 0 bridgehead atoms. The third kappa shape index (κ3) is 8.85. The van der Waals surface area contributed by atoms with Crippen molar-refractivity contribution in [2.45, 2.75) is 107 Å². The monoisotopic (exact) mass is 711 g/mol. The van der Waals surface area contributed by atoms with Gasteiger partial charge in [0.1, 0.15) is 23.2 Å². The van der Waals surface area contributed by atoms with Crippen molar-refractivity contribution < 1.29 is 41.3 Å². The first-order valence-corrected chi connectivity index (χ1v) is 17.5. The molecule has 0 radical (unpaired) electrons. The third-order valence-corrected chi connectivity index (χ3v) is 9.84. The minimum absolute atomic E-state index is 0.0794. The summed E-state index contributed by atoms with van der Waals surface area (Å²) in [7, 11) is -4.25. The Morgan fingerprint density at radius 2 is 1.84 bits per heavy atom. The second-order valence-corrected chi connectivity index (χ2v) is 15.1. The number of carbonyl (C=O) groups excluding carboxylic acids is 4. The number of benzene rings is 1. The van der Waals surface area contributed by atoms with Crippen molar-refractivity contribution in [3.05, 3.63) is 40.9 Å². The normalized spacial score (nSPS) is 27.7. The lowest BCUT2D eigenvalue weighted by molar-refractivity contribution is -0.150. The summed E-state index contributed by atoms with van der Waals surface area (Å²) in [5.41, 5.74) is -2.09. The molecule has 2 aliphatic heterocycles. The highest BCUT2D eigenvalue weighted by Gasteiger charge is 2.62. The summed E-state index contributed by atoms with van der Waals surface area (Å²) in [5.74, 6) is -2.05. The molecule has 248 valence electrons. The number of halogens is 1. The lowest BCUT2D eigenvalue weighted by Crippen LogP contribution is -2.56. The van der Waals surface area contributed by atoms with Crippen LogP contribution < -0.4 is 10.6 Å². The van der Waals surface area contributed by atoms with Crippen LogP contribution in [0.15, 0.2) is 45.8 Å². The van der Waals surface area contributed by atoms with Gasteiger partial charge in [0.05, 0.1) is 17.6 Å². The van der Waals surface area contributed by atoms with Crippen LogP contribution in [0, 0.1) is 5.92 Å². The van der Waals surface area contributed by atoms with Crippen molar-refractivity contribution in [3.63, 3.8) is 0 Å². The van der Waals surface area contributed by atoms with Crippen molar-refractivity contribution in [2.75, 3.05) is 13.2 Å². The van der Waals surface area contributed by atoms with Gasteiger partial charge in [-0.15, -0.1) is 0 Å². The van der Waals surface area contributed by atoms with E-state index in [0.717, 1.165) is 19.3 Å². The molecule has 1 saturated heterocycles. The molecule has 12 nitrogen and oxygen atoms in total. The maximum atomic E-state index is 14.1. The number of rotatable bonds is 6. The molecule has 1 aromatic rings. The molecule has 0 aromatic heterocycles. The largest absolute Gasteiger partial charge is 0.464 e. The second kappa shape index (κ2) is 14.2. The number of nitrogens with zero attached hydrogens (tertiary/aromatic N) is 1. The number of carbonyl (C=O) groups is 4. The zero-order valence-corrected chi connectivity index (χ0v) is 28.4. The summed E-state index contributed by atoms with van der Waals surface area (Å²) in [4.78, 5) is 55.0. The van der Waals surface area contributed by atoms with Crippen LogP contribution in [0.4, 0.5) is 4.79 Å². The molecule has 2 N–H and O–H groups in total. The number of amides is 3. The molecule has 0 spiro atoms. The topological polar surface area (TPSA) is 157 Å². The molecule has 14 heteroatoms. The molecule has 1 saturated carbocycles. The van der Waals surface area contributed by atoms with E-state index in [-0.39, 0.29) is 36.8 Å². The third-order valence-electron chi connectivity index (χ3n) is 7.94. The highest BCUT2D eigenvalue weighted by molar-refractivity contribution is 9.10. The van der Waals surface area contributed by atoms with E-state index in [4.69, 9.17) is 13.7 Å². The molecule has 5 atom stereocenters. The Morgan fingerprint density at radius 1 is 1.13 bits per heavy atom. The smallest absolute Gasteiger partial charge is 0.408 e. The maximum Gasteiger partial charge on any atom is 0.408 e. The number of hydrogen-bond acceptors (Lipinski definition) is 9. The van der Waals surface area contributed by atoms with E-state index in [9.17, 15) is 27.6 Å². The molecule has 0 unspecified atom stereocenters. The van der Waals surface area contributed by atoms with Crippen molar-refractivity contribution in [2.24, 2.45) is 5.92 Å². The predicted molar refractivity (Wildman–Crippen MR) is 167 cm³/mol. The fourth-order valence-corrected chi connectivity index (χ4v) is 7.01. The van der Waals surface area contributed by atoms with Gasteiger partial charge in [0, 0.05) is 23.4 Å². The fraction of sp³-hybridized carbons (Fsp3) is 0.613. The molecule has 1 aromatic carbocycles. The summed E-state index contributed by atoms with van der Waals surface area (Å²) >= 11 is 3.28. The number of hydrogen-bond donors (Lipinski definition) is 2. The first-order chi connectivity index (χ1) is 21.1. The minimum atomic E-state index is -4.25. The summed E-state index contributed by atoms with van der Waals surface area (Å²) in [5, 5.41) is 5.50. The number of esters is 1. The zero-order valence-electron chi connectivity index (χ0n) is 26.0. The Labute approximate surface area is 272 Å². The van der Waals surface area contributed by atoms with Crippen molar-refractivity contribution >= 4 is 49.9 Å². The number of alkyl carbamates (subject to hydrolysis) is 1. The summed E-state index contributed by atoms with van der Waals surface area (Å²) in [6.45, 7) is 6.70. The van der Waals surface area contributed by atoms with Gasteiger partial charge in [-0.25, -0.2) is 9.59 Å². The van der Waals surface area contributed by atoms with Gasteiger partial charge < -0.3 is 25.0 Å². The van der Waals surface area contributed by atoms with Crippen LogP contribution >= 0.6 is 15.9 Å². The van der Waals surface area contributed by atoms with E-state index < -0.39 is 63.3 Å². The highest BCUT2D eigenvalue weighted by Crippen LogP contribution is 2.46. The van der Waals surface area contributed by atoms with Crippen molar-refractivity contribution in [1.82, 2.24) is 15.5 Å². The molecule has 1 aliphatic carbocycles. The Kier molecular flexibility index (Phi) is 11.0. The van der Waals surface area contributed by atoms with E-state index in [1.807, 2.05) is 12.2 Å². The van der Waals surface area contributed by atoms with E-state index in [1.54, 1.807) is 39.8 Å². The molecule has 2 fully saturated rings. The number of fused-ring (bicyclic) bond motifs is 2. The van der Waals surface area contributed by atoms with E-state index in [2.05, 4.69) is 26.6 Å². The predicted octanol–water partition coefficient (Wildman–Crippen LogP) is 3.98. The molecule has 3 aliphatic rings. The molecule has 4 rings (SSSR count). The average molecular weight is 713 g/mol. The van der Waals surface area contributed by atoms with Gasteiger partial charge in [0.2, 0.25) is 11.8 Å². The lowest BCUT2D eigenvalue weighted by Gasteiger charge is -2.30. The van der Waals surface area contributed by atoms with Crippen LogP contribution in [-0.2, 0) is 38.2 Å². The lowest BCUT2D eigenvalue weighted by atomic mass is 10.0. The zero-order chi connectivity index (χ0) is 33.0. The molecule has 3 amide bonds. The summed E-state index contributed by atoms with van der Waals surface area (Å²) in [6, 6.07) is 3.69. The van der Waals surface area contributed by atoms with Gasteiger partial charge >= 0.3 is 12.1 Å². The van der Waals surface area contributed by atoms with E-state index in [1.165, 1.54) is 17.0 Å². The average Bonchev–Trinajstić information content (AvgIpc) is 3.48. The van der Waals surface area contributed by atoms with Crippen LogP contribution in [0.2, 0.25) is 0 Å². The summed E-state index contributed by atoms with van der Waals surface area (Å²) < 4.78 is 43.2. The van der Waals surface area contributed by atoms with Crippen LogP contribution in [0.25, 0.3) is 0 Å². The first kappa shape index (κ1) is 34.9. The number of allylic oxidation sites excluding steroid dienone is 1. The SMILES string of the molecule is CCOC(=O)[C@@]12C[C@H]1C=CCCCCC[C@H](NC(=O)OC(C)(C)C)C(=O)N1C[C@H](OS(=O)(=O)c3ccc(Br)cc3)C[C@H]1C(=O)N2. The fourth-order valence-electron chi connectivity index (χ4n) is 5.66. The summed E-state index contributed by atoms with van der Waals surface area (Å²) in [6.07, 6.45) is 5.49. The van der Waals surface area contributed by atoms with E-state index in [0.29, 0.717) is 17.3 Å². The second-order valence-electron chi connectivity index (χ2n) is 12.6. The maximum absolute atomic E-state index is 14.1. The van der Waals surface area contributed by atoms with Gasteiger partial charge in [-0.3, -0.25) is 13.8 Å². The van der Waals surface area contributed by atoms with Gasteiger partial charge in [-0.2, -0.15) is 8.42 Å². The quantitative estimate of drug-likeness (QED) is 0.253. The Morgan fingerprint density at radius 3 is 2.51 bits per heavy atom. The Hall–Kier alpha value is -2.97.